The Morgan fingerprint density at radius 2 is 0.946 bits per heavy atom. The summed E-state index contributed by atoms with van der Waals surface area (Å²) >= 11 is 0. The number of para-hydroxylation sites is 2. The topological polar surface area (TPSA) is 164 Å². The predicted octanol–water partition coefficient (Wildman–Crippen LogP) is -2.01. The second-order valence-corrected chi connectivity index (χ2v) is 6.32. The Labute approximate surface area is 249 Å². The fraction of sp³-hybridized carbons (Fsp3) is 0.167. The predicted molar refractivity (Wildman–Crippen MR) is 129 cm³/mol. The molecule has 13 heteroatoms. The monoisotopic (exact) mass is 668 g/mol. The summed E-state index contributed by atoms with van der Waals surface area (Å²) in [6.07, 6.45) is 4.10. The summed E-state index contributed by atoms with van der Waals surface area (Å²) in [5.41, 5.74) is 1.45. The van der Waals surface area contributed by atoms with Gasteiger partial charge < -0.3 is 50.7 Å². The molecule has 0 saturated carbocycles. The Balaban J connectivity index is -0.000000155. The van der Waals surface area contributed by atoms with Crippen molar-refractivity contribution in [2.45, 2.75) is 26.7 Å². The summed E-state index contributed by atoms with van der Waals surface area (Å²) in [4.78, 5) is 30.7. The molecule has 37 heavy (non-hydrogen) atoms. The molecule has 0 fully saturated rings. The number of esters is 2. The fourth-order valence-corrected chi connectivity index (χ4v) is 2.71. The molecule has 0 spiro atoms. The molecule has 0 N–H and O–H groups in total. The number of halogens is 2. The van der Waals surface area contributed by atoms with E-state index >= 15 is 0 Å². The molecule has 9 nitrogen and oxygen atoms in total. The van der Waals surface area contributed by atoms with Gasteiger partial charge in [0, 0.05) is 36.0 Å². The molecule has 2 aromatic carbocycles. The number of hydrogen-bond donors (Lipinski definition) is 0. The zero-order chi connectivity index (χ0) is 21.3. The van der Waals surface area contributed by atoms with Crippen LogP contribution in [0.2, 0.25) is 0 Å². The average Bonchev–Trinajstić information content (AvgIpc) is 2.80. The van der Waals surface area contributed by atoms with Gasteiger partial charge >= 0.3 is 47.1 Å². The van der Waals surface area contributed by atoms with Gasteiger partial charge in [-0.05, 0) is 24.3 Å². The molecular formula is C24H22Cl2Ge2N2O7. The maximum Gasteiger partial charge on any atom is 4.00 e. The minimum absolute atomic E-state index is 0. The van der Waals surface area contributed by atoms with E-state index in [1.54, 1.807) is 38.4 Å². The van der Waals surface area contributed by atoms with Crippen LogP contribution in [-0.2, 0) is 26.0 Å². The van der Waals surface area contributed by atoms with Crippen LogP contribution < -0.4 is 34.3 Å². The normalized spacial score (nSPS) is 8.27. The number of pyridine rings is 2. The van der Waals surface area contributed by atoms with Gasteiger partial charge in [0.1, 0.15) is 11.0 Å². The molecule has 0 saturated heterocycles. The minimum Gasteiger partial charge on any atom is -2.00 e. The summed E-state index contributed by atoms with van der Waals surface area (Å²) < 4.78 is 10.4. The molecule has 0 amide bonds. The second kappa shape index (κ2) is 22.9. The molecule has 2 heterocycles. The van der Waals surface area contributed by atoms with E-state index in [1.807, 2.05) is 48.5 Å². The van der Waals surface area contributed by atoms with Gasteiger partial charge in [-0.3, -0.25) is 19.6 Å². The first-order valence-corrected chi connectivity index (χ1v) is 9.71. The quantitative estimate of drug-likeness (QED) is 0.139. The van der Waals surface area contributed by atoms with E-state index in [0.717, 1.165) is 21.8 Å². The van der Waals surface area contributed by atoms with Crippen LogP contribution in [0.5, 0.6) is 11.5 Å². The second-order valence-electron chi connectivity index (χ2n) is 6.32. The van der Waals surface area contributed by atoms with Crippen molar-refractivity contribution < 1.29 is 60.3 Å². The van der Waals surface area contributed by atoms with Crippen molar-refractivity contribution in [3.05, 3.63) is 73.1 Å². The standard InChI is InChI=1S/2C12H11NO2.2ClH.2Ge.3O/c2*1-2-11(14)15-10-7-3-5-9-6-4-8-13-12(9)10;;;;;;;/h2*3-8H,2H2,1H3;2*1H;;;;;/q;;;;2*+4;3*-2/p-2. The third kappa shape index (κ3) is 12.7. The van der Waals surface area contributed by atoms with Crippen LogP contribution in [0.3, 0.4) is 0 Å². The van der Waals surface area contributed by atoms with E-state index in [0.29, 0.717) is 24.3 Å². The van der Waals surface area contributed by atoms with E-state index in [4.69, 9.17) is 9.47 Å². The number of rotatable bonds is 4. The minimum atomic E-state index is -0.242. The van der Waals surface area contributed by atoms with E-state index < -0.39 is 0 Å². The van der Waals surface area contributed by atoms with Crippen molar-refractivity contribution in [3.8, 4) is 11.5 Å². The third-order valence-corrected chi connectivity index (χ3v) is 4.22. The maximum atomic E-state index is 11.2. The SMILES string of the molecule is CCC(=O)Oc1cccc2cccnc12.CCC(=O)Oc1cccc2cccnc12.[Cl-].[Cl-].[Ge+4].[Ge+4].[O-2].[O-2].[O-2]. The fourth-order valence-electron chi connectivity index (χ4n) is 2.71. The van der Waals surface area contributed by atoms with Gasteiger partial charge in [0.05, 0.1) is 0 Å². The summed E-state index contributed by atoms with van der Waals surface area (Å²) in [5.74, 6) is 0.571. The number of nitrogens with zero attached hydrogens (tertiary/aromatic N) is 2. The first-order chi connectivity index (χ1) is 14.6. The molecule has 0 radical (unpaired) electrons. The Morgan fingerprint density at radius 1 is 0.622 bits per heavy atom. The van der Waals surface area contributed by atoms with Gasteiger partial charge in [0.2, 0.25) is 0 Å². The van der Waals surface area contributed by atoms with E-state index in [1.165, 1.54) is 0 Å². The largest absolute Gasteiger partial charge is 4.00 e. The summed E-state index contributed by atoms with van der Waals surface area (Å²) in [6.45, 7) is 3.53. The van der Waals surface area contributed by atoms with Gasteiger partial charge in [-0.25, -0.2) is 0 Å². The summed E-state index contributed by atoms with van der Waals surface area (Å²) in [7, 11) is 0. The molecule has 0 aliphatic carbocycles. The van der Waals surface area contributed by atoms with Crippen LogP contribution in [-0.4, -0.2) is 57.1 Å². The van der Waals surface area contributed by atoms with Crippen LogP contribution in [0, 0.1) is 0 Å². The number of carbonyl (C=O) groups is 2. The Hall–Kier alpha value is -2.25. The van der Waals surface area contributed by atoms with Crippen molar-refractivity contribution in [1.29, 1.82) is 0 Å². The van der Waals surface area contributed by atoms with Crippen LogP contribution >= 0.6 is 0 Å². The molecule has 0 atom stereocenters. The van der Waals surface area contributed by atoms with E-state index in [9.17, 15) is 9.59 Å². The summed E-state index contributed by atoms with van der Waals surface area (Å²) in [5, 5.41) is 1.94. The Kier molecular flexibility index (Phi) is 27.7. The number of hydrogen-bond acceptors (Lipinski definition) is 6. The van der Waals surface area contributed by atoms with E-state index in [2.05, 4.69) is 9.97 Å². The number of carbonyl (C=O) groups excluding carboxylic acids is 2. The molecule has 2 aromatic heterocycles. The molecule has 192 valence electrons. The molecular weight excluding hydrogens is 644 g/mol. The molecule has 0 aliphatic heterocycles. The number of ether oxygens (including phenoxy) is 2. The van der Waals surface area contributed by atoms with Crippen molar-refractivity contribution in [3.63, 3.8) is 0 Å². The van der Waals surface area contributed by atoms with Gasteiger partial charge in [-0.15, -0.1) is 0 Å². The Morgan fingerprint density at radius 3 is 1.27 bits per heavy atom. The number of fused-ring (bicyclic) bond motifs is 2. The van der Waals surface area contributed by atoms with Crippen LogP contribution in [0.4, 0.5) is 0 Å². The van der Waals surface area contributed by atoms with Crippen molar-refractivity contribution in [2.75, 3.05) is 0 Å². The van der Waals surface area contributed by atoms with Gasteiger partial charge in [-0.1, -0.05) is 50.2 Å². The zero-order valence-corrected chi connectivity index (χ0v) is 25.6. The van der Waals surface area contributed by atoms with Gasteiger partial charge in [0.15, 0.2) is 11.5 Å². The Bertz CT molecular complexity index is 1100. The van der Waals surface area contributed by atoms with Crippen LogP contribution in [0.15, 0.2) is 73.1 Å². The first kappa shape index (κ1) is 44.7. The van der Waals surface area contributed by atoms with Gasteiger partial charge in [-0.2, -0.15) is 0 Å². The average molecular weight is 667 g/mol. The maximum absolute atomic E-state index is 11.2. The molecule has 0 unspecified atom stereocenters. The molecule has 4 rings (SSSR count). The molecule has 4 aromatic rings. The molecule has 0 bridgehead atoms. The number of aromatic nitrogens is 2. The first-order valence-electron chi connectivity index (χ1n) is 9.71. The van der Waals surface area contributed by atoms with Crippen LogP contribution in [0.25, 0.3) is 21.8 Å². The van der Waals surface area contributed by atoms with Crippen LogP contribution in [0.1, 0.15) is 26.7 Å². The summed E-state index contributed by atoms with van der Waals surface area (Å²) in [6, 6.07) is 18.7. The zero-order valence-electron chi connectivity index (χ0n) is 19.9. The third-order valence-electron chi connectivity index (χ3n) is 4.22. The van der Waals surface area contributed by atoms with Gasteiger partial charge in [0.25, 0.3) is 0 Å². The van der Waals surface area contributed by atoms with Crippen molar-refractivity contribution in [2.24, 2.45) is 0 Å². The molecule has 0 aliphatic rings. The smallest absolute Gasteiger partial charge is 2.00 e. The van der Waals surface area contributed by atoms with E-state index in [-0.39, 0.29) is 88.4 Å². The van der Waals surface area contributed by atoms with Crippen molar-refractivity contribution in [1.82, 2.24) is 9.97 Å². The van der Waals surface area contributed by atoms with Crippen molar-refractivity contribution >= 4 is 68.9 Å². The number of benzene rings is 2.